The van der Waals surface area contributed by atoms with E-state index >= 15 is 0 Å². The molecule has 0 spiro atoms. The van der Waals surface area contributed by atoms with Crippen LogP contribution in [0.3, 0.4) is 0 Å². The van der Waals surface area contributed by atoms with Gasteiger partial charge in [-0.1, -0.05) is 74.8 Å². The number of anilines is 1. The van der Waals surface area contributed by atoms with E-state index in [1.807, 2.05) is 23.9 Å². The third kappa shape index (κ3) is 9.53. The van der Waals surface area contributed by atoms with Gasteiger partial charge in [-0.15, -0.1) is 0 Å². The van der Waals surface area contributed by atoms with E-state index in [0.29, 0.717) is 5.25 Å². The molecule has 0 saturated heterocycles. The Bertz CT molecular complexity index is 885. The molecule has 0 radical (unpaired) electrons. The van der Waals surface area contributed by atoms with Crippen molar-refractivity contribution in [3.05, 3.63) is 64.7 Å². The third-order valence-corrected chi connectivity index (χ3v) is 6.28. The smallest absolute Gasteiger partial charge is 0.344 e. The molecule has 0 aliphatic carbocycles. The van der Waals surface area contributed by atoms with Crippen molar-refractivity contribution >= 4 is 41.2 Å². The average molecular weight is 477 g/mol. The fourth-order valence-corrected chi connectivity index (χ4v) is 3.94. The van der Waals surface area contributed by atoms with E-state index < -0.39 is 12.6 Å². The molecule has 2 aromatic carbocycles. The molecule has 32 heavy (non-hydrogen) atoms. The second-order valence-electron chi connectivity index (χ2n) is 8.68. The van der Waals surface area contributed by atoms with E-state index in [9.17, 15) is 4.79 Å². The highest BCUT2D eigenvalue weighted by Crippen LogP contribution is 2.29. The van der Waals surface area contributed by atoms with Crippen molar-refractivity contribution < 1.29 is 14.7 Å². The normalized spacial score (nSPS) is 11.8. The molecule has 0 amide bonds. The lowest BCUT2D eigenvalue weighted by molar-refractivity contribution is -0.142. The van der Waals surface area contributed by atoms with Gasteiger partial charge in [-0.05, 0) is 41.0 Å². The van der Waals surface area contributed by atoms with Crippen LogP contribution in [0, 0.1) is 5.41 Å². The first-order valence-corrected chi connectivity index (χ1v) is 12.2. The Balaban J connectivity index is 2.20. The highest BCUT2D eigenvalue weighted by atomic mass is 35.5. The number of rotatable bonds is 13. The molecule has 1 N–H and O–H groups in total. The van der Waals surface area contributed by atoms with Gasteiger partial charge < -0.3 is 14.8 Å². The zero-order valence-corrected chi connectivity index (χ0v) is 20.8. The Kier molecular flexibility index (Phi) is 10.4. The number of hydrogen-bond donors (Lipinski definition) is 1. The third-order valence-electron chi connectivity index (χ3n) is 4.88. The monoisotopic (exact) mass is 476 g/mol. The quantitative estimate of drug-likeness (QED) is 0.264. The number of thioether (sulfide) groups is 1. The number of halogens is 1. The van der Waals surface area contributed by atoms with Gasteiger partial charge >= 0.3 is 5.97 Å². The van der Waals surface area contributed by atoms with Gasteiger partial charge in [0.25, 0.3) is 0 Å². The van der Waals surface area contributed by atoms with Crippen LogP contribution in [0.5, 0.6) is 0 Å². The van der Waals surface area contributed by atoms with Gasteiger partial charge in [0, 0.05) is 41.2 Å². The van der Waals surface area contributed by atoms with Gasteiger partial charge in [0.2, 0.25) is 6.61 Å². The Hall–Kier alpha value is -2.18. The Morgan fingerprint density at radius 2 is 1.91 bits per heavy atom. The molecule has 0 heterocycles. The maximum Gasteiger partial charge on any atom is 0.344 e. The summed E-state index contributed by atoms with van der Waals surface area (Å²) >= 11 is 8.02. The molecular formula is C25H33ClN2O3S. The molecule has 5 nitrogen and oxygen atoms in total. The molecule has 2 rings (SSSR count). The Morgan fingerprint density at radius 3 is 2.56 bits per heavy atom. The molecule has 174 valence electrons. The van der Waals surface area contributed by atoms with Crippen molar-refractivity contribution in [1.29, 1.82) is 0 Å². The second kappa shape index (κ2) is 12.8. The number of benzene rings is 2. The maximum atomic E-state index is 10.6. The fraction of sp³-hybridized carbons (Fsp3) is 0.440. The molecule has 0 aliphatic heterocycles. The molecule has 0 aliphatic rings. The van der Waals surface area contributed by atoms with Crippen LogP contribution in [0.4, 0.5) is 5.69 Å². The van der Waals surface area contributed by atoms with Crippen molar-refractivity contribution in [3.8, 4) is 0 Å². The fourth-order valence-electron chi connectivity index (χ4n) is 3.05. The molecule has 0 unspecified atom stereocenters. The number of para-hydroxylation sites is 1. The number of carboxylic acids is 1. The number of aliphatic carboxylic acids is 1. The highest BCUT2D eigenvalue weighted by molar-refractivity contribution is 7.99. The summed E-state index contributed by atoms with van der Waals surface area (Å²) in [6.45, 7) is 9.71. The average Bonchev–Trinajstić information content (AvgIpc) is 2.74. The molecule has 0 bridgehead atoms. The first-order chi connectivity index (χ1) is 15.2. The summed E-state index contributed by atoms with van der Waals surface area (Å²) in [5, 5.41) is 13.8. The van der Waals surface area contributed by atoms with E-state index in [-0.39, 0.29) is 5.41 Å². The van der Waals surface area contributed by atoms with Gasteiger partial charge in [-0.25, -0.2) is 4.79 Å². The minimum atomic E-state index is -1.04. The summed E-state index contributed by atoms with van der Waals surface area (Å²) in [7, 11) is 0. The molecular weight excluding hydrogens is 444 g/mol. The highest BCUT2D eigenvalue weighted by Gasteiger charge is 2.20. The molecule has 2 aromatic rings. The summed E-state index contributed by atoms with van der Waals surface area (Å²) in [6.07, 6.45) is 2.52. The van der Waals surface area contributed by atoms with Crippen LogP contribution in [0.2, 0.25) is 5.02 Å². The Morgan fingerprint density at radius 1 is 1.22 bits per heavy atom. The van der Waals surface area contributed by atoms with Crippen molar-refractivity contribution in [2.75, 3.05) is 18.1 Å². The van der Waals surface area contributed by atoms with Gasteiger partial charge in [-0.2, -0.15) is 11.8 Å². The topological polar surface area (TPSA) is 62.1 Å². The van der Waals surface area contributed by atoms with Gasteiger partial charge in [0.1, 0.15) is 0 Å². The molecule has 0 fully saturated rings. The predicted octanol–water partition coefficient (Wildman–Crippen LogP) is 6.49. The van der Waals surface area contributed by atoms with Crippen LogP contribution in [0.15, 0.2) is 53.7 Å². The van der Waals surface area contributed by atoms with Gasteiger partial charge in [-0.3, -0.25) is 0 Å². The lowest BCUT2D eigenvalue weighted by Crippen LogP contribution is -2.29. The lowest BCUT2D eigenvalue weighted by Gasteiger charge is -2.30. The SMILES string of the molecule is CC(C)SCc1ccccc1N(CCC(C)(C)/C=N/OCC(=O)O)Cc1ccc(Cl)cc1. The molecule has 0 saturated carbocycles. The number of carbonyl (C=O) groups is 1. The summed E-state index contributed by atoms with van der Waals surface area (Å²) in [5.74, 6) is -0.0799. The van der Waals surface area contributed by atoms with E-state index in [1.165, 1.54) is 16.8 Å². The van der Waals surface area contributed by atoms with E-state index in [2.05, 4.69) is 74.1 Å². The van der Waals surface area contributed by atoms with Gasteiger partial charge in [0.05, 0.1) is 0 Å². The summed E-state index contributed by atoms with van der Waals surface area (Å²) < 4.78 is 0. The number of hydrogen-bond acceptors (Lipinski definition) is 5. The van der Waals surface area contributed by atoms with Crippen molar-refractivity contribution in [1.82, 2.24) is 0 Å². The minimum Gasteiger partial charge on any atom is -0.479 e. The summed E-state index contributed by atoms with van der Waals surface area (Å²) in [6, 6.07) is 16.5. The lowest BCUT2D eigenvalue weighted by atomic mass is 9.90. The summed E-state index contributed by atoms with van der Waals surface area (Å²) in [5.41, 5.74) is 3.48. The van der Waals surface area contributed by atoms with Crippen LogP contribution in [0.25, 0.3) is 0 Å². The van der Waals surface area contributed by atoms with Crippen molar-refractivity contribution in [2.45, 2.75) is 51.7 Å². The second-order valence-corrected chi connectivity index (χ2v) is 10.7. The van der Waals surface area contributed by atoms with Gasteiger partial charge in [0.15, 0.2) is 0 Å². The van der Waals surface area contributed by atoms with Crippen LogP contribution in [-0.2, 0) is 21.9 Å². The van der Waals surface area contributed by atoms with Crippen molar-refractivity contribution in [2.24, 2.45) is 10.6 Å². The van der Waals surface area contributed by atoms with E-state index in [4.69, 9.17) is 21.5 Å². The Labute approximate surface area is 200 Å². The maximum absolute atomic E-state index is 10.6. The molecule has 0 aromatic heterocycles. The first-order valence-electron chi connectivity index (χ1n) is 10.7. The zero-order valence-electron chi connectivity index (χ0n) is 19.3. The predicted molar refractivity (Wildman–Crippen MR) is 136 cm³/mol. The van der Waals surface area contributed by atoms with E-state index in [1.54, 1.807) is 6.21 Å². The number of nitrogens with zero attached hydrogens (tertiary/aromatic N) is 2. The summed E-state index contributed by atoms with van der Waals surface area (Å²) in [4.78, 5) is 17.8. The molecule has 0 atom stereocenters. The largest absolute Gasteiger partial charge is 0.479 e. The number of carboxylic acid groups (broad SMARTS) is 1. The van der Waals surface area contributed by atoms with E-state index in [0.717, 1.165) is 30.3 Å². The van der Waals surface area contributed by atoms with Crippen LogP contribution >= 0.6 is 23.4 Å². The minimum absolute atomic E-state index is 0.252. The first kappa shape index (κ1) is 26.1. The van der Waals surface area contributed by atoms with Crippen LogP contribution in [0.1, 0.15) is 45.2 Å². The molecule has 7 heteroatoms. The number of oxime groups is 1. The van der Waals surface area contributed by atoms with Crippen molar-refractivity contribution in [3.63, 3.8) is 0 Å². The van der Waals surface area contributed by atoms with Crippen LogP contribution < -0.4 is 4.90 Å². The standard InChI is InChI=1S/C25H33ClN2O3S/c1-19(2)32-17-21-7-5-6-8-23(21)28(15-20-9-11-22(26)12-10-20)14-13-25(3,4)18-27-31-16-24(29)30/h5-12,18-19H,13-17H2,1-4H3,(H,29,30)/b27-18+. The zero-order chi connectivity index (χ0) is 23.6. The van der Waals surface area contributed by atoms with Crippen LogP contribution in [-0.4, -0.2) is 35.7 Å².